The van der Waals surface area contributed by atoms with Gasteiger partial charge in [0.2, 0.25) is 5.91 Å². The fourth-order valence-corrected chi connectivity index (χ4v) is 2.97. The summed E-state index contributed by atoms with van der Waals surface area (Å²) in [6.45, 7) is 5.73. The number of rotatable bonds is 6. The second-order valence-corrected chi connectivity index (χ2v) is 7.77. The van der Waals surface area contributed by atoms with Gasteiger partial charge in [-0.1, -0.05) is 18.2 Å². The third-order valence-electron chi connectivity index (χ3n) is 4.42. The minimum atomic E-state index is -0.354. The molecular formula is C22H25N3O3S. The molecule has 152 valence electrons. The quantitative estimate of drug-likeness (QED) is 0.619. The molecule has 3 rings (SSSR count). The van der Waals surface area contributed by atoms with Crippen LogP contribution >= 0.6 is 12.2 Å². The lowest BCUT2D eigenvalue weighted by Crippen LogP contribution is -2.34. The third kappa shape index (κ3) is 5.77. The van der Waals surface area contributed by atoms with E-state index in [1.165, 1.54) is 0 Å². The average molecular weight is 412 g/mol. The van der Waals surface area contributed by atoms with E-state index in [4.69, 9.17) is 17.0 Å². The Labute approximate surface area is 176 Å². The molecule has 2 amide bonds. The standard InChI is InChI=1S/C22H25N3O3S/c1-13(2)28-19-7-5-4-6-17(19)21(27)25-22(29)23-16-11-8-14(3)18(12-16)24-20(26)15-9-10-15/h4-8,11-13,15H,9-10H2,1-3H3,(H,24,26)(H2,23,25,27,29). The van der Waals surface area contributed by atoms with E-state index in [-0.39, 0.29) is 28.9 Å². The van der Waals surface area contributed by atoms with Crippen molar-refractivity contribution in [2.45, 2.75) is 39.7 Å². The topological polar surface area (TPSA) is 79.5 Å². The van der Waals surface area contributed by atoms with Crippen LogP contribution in [0.25, 0.3) is 0 Å². The van der Waals surface area contributed by atoms with Crippen molar-refractivity contribution < 1.29 is 14.3 Å². The molecule has 1 fully saturated rings. The first-order valence-corrected chi connectivity index (χ1v) is 10.0. The van der Waals surface area contributed by atoms with E-state index in [2.05, 4.69) is 16.0 Å². The second-order valence-electron chi connectivity index (χ2n) is 7.36. The molecule has 0 radical (unpaired) electrons. The Bertz CT molecular complexity index is 939. The SMILES string of the molecule is Cc1ccc(NC(=S)NC(=O)c2ccccc2OC(C)C)cc1NC(=O)C1CC1. The molecule has 0 aliphatic heterocycles. The largest absolute Gasteiger partial charge is 0.490 e. The second kappa shape index (κ2) is 9.05. The monoisotopic (exact) mass is 411 g/mol. The molecule has 0 unspecified atom stereocenters. The van der Waals surface area contributed by atoms with Crippen LogP contribution < -0.4 is 20.7 Å². The maximum atomic E-state index is 12.6. The normalized spacial score (nSPS) is 13.0. The molecule has 0 heterocycles. The summed E-state index contributed by atoms with van der Waals surface area (Å²) in [5.74, 6) is 0.318. The van der Waals surface area contributed by atoms with Crippen molar-refractivity contribution in [3.05, 3.63) is 53.6 Å². The first-order valence-electron chi connectivity index (χ1n) is 9.63. The minimum absolute atomic E-state index is 0.0443. The molecule has 2 aromatic carbocycles. The summed E-state index contributed by atoms with van der Waals surface area (Å²) in [6, 6.07) is 12.6. The van der Waals surface area contributed by atoms with Gasteiger partial charge >= 0.3 is 0 Å². The third-order valence-corrected chi connectivity index (χ3v) is 4.63. The molecule has 0 atom stereocenters. The van der Waals surface area contributed by atoms with Gasteiger partial charge in [0.15, 0.2) is 5.11 Å². The highest BCUT2D eigenvalue weighted by Crippen LogP contribution is 2.31. The summed E-state index contributed by atoms with van der Waals surface area (Å²) in [5, 5.41) is 8.79. The Morgan fingerprint density at radius 2 is 1.83 bits per heavy atom. The summed E-state index contributed by atoms with van der Waals surface area (Å²) in [5.41, 5.74) is 2.78. The Kier molecular flexibility index (Phi) is 6.49. The van der Waals surface area contributed by atoms with Gasteiger partial charge in [-0.15, -0.1) is 0 Å². The van der Waals surface area contributed by atoms with Crippen LogP contribution in [0.4, 0.5) is 11.4 Å². The van der Waals surface area contributed by atoms with E-state index in [0.717, 1.165) is 24.1 Å². The first-order chi connectivity index (χ1) is 13.8. The van der Waals surface area contributed by atoms with Crippen LogP contribution in [0.5, 0.6) is 5.75 Å². The molecule has 6 nitrogen and oxygen atoms in total. The van der Waals surface area contributed by atoms with Crippen molar-refractivity contribution in [1.29, 1.82) is 0 Å². The highest BCUT2D eigenvalue weighted by molar-refractivity contribution is 7.80. The number of aryl methyl sites for hydroxylation is 1. The predicted octanol–water partition coefficient (Wildman–Crippen LogP) is 4.26. The summed E-state index contributed by atoms with van der Waals surface area (Å²) < 4.78 is 5.69. The van der Waals surface area contributed by atoms with Gasteiger partial charge in [0.25, 0.3) is 5.91 Å². The lowest BCUT2D eigenvalue weighted by atomic mass is 10.1. The summed E-state index contributed by atoms with van der Waals surface area (Å²) in [6.07, 6.45) is 1.84. The molecule has 2 aromatic rings. The van der Waals surface area contributed by atoms with Gasteiger partial charge in [-0.3, -0.25) is 14.9 Å². The number of benzene rings is 2. The molecule has 0 saturated heterocycles. The lowest BCUT2D eigenvalue weighted by molar-refractivity contribution is -0.117. The van der Waals surface area contributed by atoms with Crippen molar-refractivity contribution in [3.8, 4) is 5.75 Å². The number of carbonyl (C=O) groups excluding carboxylic acids is 2. The van der Waals surface area contributed by atoms with Gasteiger partial charge in [0.1, 0.15) is 5.75 Å². The van der Waals surface area contributed by atoms with Gasteiger partial charge < -0.3 is 15.4 Å². The highest BCUT2D eigenvalue weighted by atomic mass is 32.1. The van der Waals surface area contributed by atoms with Gasteiger partial charge in [0, 0.05) is 17.3 Å². The molecule has 0 bridgehead atoms. The maximum Gasteiger partial charge on any atom is 0.261 e. The van der Waals surface area contributed by atoms with E-state index in [9.17, 15) is 9.59 Å². The molecule has 7 heteroatoms. The first kappa shape index (κ1) is 20.8. The highest BCUT2D eigenvalue weighted by Gasteiger charge is 2.29. The Hall–Kier alpha value is -2.93. The number of amides is 2. The summed E-state index contributed by atoms with van der Waals surface area (Å²) >= 11 is 5.29. The number of hydrogen-bond acceptors (Lipinski definition) is 4. The van der Waals surface area contributed by atoms with Crippen LogP contribution in [-0.4, -0.2) is 23.0 Å². The summed E-state index contributed by atoms with van der Waals surface area (Å²) in [4.78, 5) is 24.7. The van der Waals surface area contributed by atoms with Crippen molar-refractivity contribution >= 4 is 40.5 Å². The van der Waals surface area contributed by atoms with E-state index in [1.54, 1.807) is 18.2 Å². The van der Waals surface area contributed by atoms with Crippen LogP contribution in [-0.2, 0) is 4.79 Å². The van der Waals surface area contributed by atoms with E-state index in [1.807, 2.05) is 45.0 Å². The zero-order valence-corrected chi connectivity index (χ0v) is 17.6. The summed E-state index contributed by atoms with van der Waals surface area (Å²) in [7, 11) is 0. The molecule has 0 spiro atoms. The molecule has 3 N–H and O–H groups in total. The van der Waals surface area contributed by atoms with E-state index in [0.29, 0.717) is 17.0 Å². The Morgan fingerprint density at radius 1 is 1.10 bits per heavy atom. The zero-order valence-electron chi connectivity index (χ0n) is 16.7. The minimum Gasteiger partial charge on any atom is -0.490 e. The lowest BCUT2D eigenvalue weighted by Gasteiger charge is -2.15. The number of thiocarbonyl (C=S) groups is 1. The van der Waals surface area contributed by atoms with Gasteiger partial charge in [-0.2, -0.15) is 0 Å². The fraction of sp³-hybridized carbons (Fsp3) is 0.318. The molecular weight excluding hydrogens is 386 g/mol. The number of anilines is 2. The van der Waals surface area contributed by atoms with Crippen LogP contribution in [0, 0.1) is 12.8 Å². The Balaban J connectivity index is 1.65. The van der Waals surface area contributed by atoms with Crippen molar-refractivity contribution in [1.82, 2.24) is 5.32 Å². The van der Waals surface area contributed by atoms with Crippen molar-refractivity contribution in [3.63, 3.8) is 0 Å². The number of nitrogens with one attached hydrogen (secondary N) is 3. The van der Waals surface area contributed by atoms with Crippen molar-refractivity contribution in [2.75, 3.05) is 10.6 Å². The van der Waals surface area contributed by atoms with Crippen LogP contribution in [0.15, 0.2) is 42.5 Å². The number of hydrogen-bond donors (Lipinski definition) is 3. The average Bonchev–Trinajstić information content (AvgIpc) is 3.49. The molecule has 1 aliphatic rings. The fourth-order valence-electron chi connectivity index (χ4n) is 2.76. The number of para-hydroxylation sites is 1. The smallest absolute Gasteiger partial charge is 0.261 e. The predicted molar refractivity (Wildman–Crippen MR) is 118 cm³/mol. The molecule has 29 heavy (non-hydrogen) atoms. The number of carbonyl (C=O) groups is 2. The van der Waals surface area contributed by atoms with E-state index < -0.39 is 0 Å². The number of ether oxygens (including phenoxy) is 1. The van der Waals surface area contributed by atoms with Crippen LogP contribution in [0.3, 0.4) is 0 Å². The van der Waals surface area contributed by atoms with Gasteiger partial charge in [0.05, 0.1) is 11.7 Å². The van der Waals surface area contributed by atoms with Crippen molar-refractivity contribution in [2.24, 2.45) is 5.92 Å². The van der Waals surface area contributed by atoms with Gasteiger partial charge in [-0.25, -0.2) is 0 Å². The van der Waals surface area contributed by atoms with Crippen LogP contribution in [0.2, 0.25) is 0 Å². The van der Waals surface area contributed by atoms with Crippen LogP contribution in [0.1, 0.15) is 42.6 Å². The Morgan fingerprint density at radius 3 is 2.52 bits per heavy atom. The maximum absolute atomic E-state index is 12.6. The molecule has 0 aromatic heterocycles. The molecule has 1 saturated carbocycles. The van der Waals surface area contributed by atoms with E-state index >= 15 is 0 Å². The zero-order chi connectivity index (χ0) is 21.0. The van der Waals surface area contributed by atoms with Gasteiger partial charge in [-0.05, 0) is 75.7 Å². The molecule has 1 aliphatic carbocycles.